The molecule has 0 radical (unpaired) electrons. The molecular weight excluding hydrogens is 372 g/mol. The summed E-state index contributed by atoms with van der Waals surface area (Å²) < 4.78 is 0. The van der Waals surface area contributed by atoms with E-state index in [0.29, 0.717) is 0 Å². The summed E-state index contributed by atoms with van der Waals surface area (Å²) in [6, 6.07) is 0. The first kappa shape index (κ1) is 29.0. The predicted octanol–water partition coefficient (Wildman–Crippen LogP) is 10.9. The molecule has 8 bridgehead atoms. The number of hydrogen-bond acceptors (Lipinski definition) is 0. The van der Waals surface area contributed by atoms with Gasteiger partial charge in [0.25, 0.3) is 0 Å². The average molecular weight is 435 g/mol. The molecule has 0 saturated heterocycles. The first-order valence-corrected chi connectivity index (χ1v) is 14.8. The van der Waals surface area contributed by atoms with Gasteiger partial charge in [-0.3, -0.25) is 0 Å². The maximum atomic E-state index is 2.54. The summed E-state index contributed by atoms with van der Waals surface area (Å²) in [6.45, 7) is 23.6. The van der Waals surface area contributed by atoms with Crippen LogP contribution < -0.4 is 0 Å². The van der Waals surface area contributed by atoms with Crippen molar-refractivity contribution in [3.05, 3.63) is 0 Å². The molecule has 31 heavy (non-hydrogen) atoms. The SMILES string of the molecule is CC.CC.CC.CC.CC12CC3CC(C1)CC(C)(C3)C2.CC12CC3CC(CC(C3)C1)C2. The highest BCUT2D eigenvalue weighted by atomic mass is 14.6. The lowest BCUT2D eigenvalue weighted by Gasteiger charge is -2.60. The molecule has 0 unspecified atom stereocenters. The van der Waals surface area contributed by atoms with Gasteiger partial charge in [-0.25, -0.2) is 0 Å². The quantitative estimate of drug-likeness (QED) is 0.355. The van der Waals surface area contributed by atoms with Crippen molar-refractivity contribution in [2.45, 2.75) is 153 Å². The van der Waals surface area contributed by atoms with Crippen LogP contribution in [-0.2, 0) is 0 Å². The number of hydrogen-bond donors (Lipinski definition) is 0. The van der Waals surface area contributed by atoms with Gasteiger partial charge in [-0.05, 0) is 123 Å². The van der Waals surface area contributed by atoms with E-state index in [2.05, 4.69) is 20.8 Å². The third-order valence-corrected chi connectivity index (χ3v) is 8.99. The van der Waals surface area contributed by atoms with E-state index in [9.17, 15) is 0 Å². The summed E-state index contributed by atoms with van der Waals surface area (Å²) in [5.74, 6) is 5.66. The van der Waals surface area contributed by atoms with Crippen LogP contribution in [0.1, 0.15) is 153 Å². The Morgan fingerprint density at radius 1 is 0.355 bits per heavy atom. The van der Waals surface area contributed by atoms with E-state index in [0.717, 1.165) is 45.8 Å². The highest BCUT2D eigenvalue weighted by molar-refractivity contribution is 5.04. The fourth-order valence-electron chi connectivity index (χ4n) is 9.77. The van der Waals surface area contributed by atoms with E-state index in [1.807, 2.05) is 55.4 Å². The fraction of sp³-hybridized carbons (Fsp3) is 1.00. The maximum absolute atomic E-state index is 2.54. The summed E-state index contributed by atoms with van der Waals surface area (Å²) in [5, 5.41) is 0. The van der Waals surface area contributed by atoms with Gasteiger partial charge < -0.3 is 0 Å². The van der Waals surface area contributed by atoms with Gasteiger partial charge in [0.05, 0.1) is 0 Å². The van der Waals surface area contributed by atoms with Gasteiger partial charge in [-0.2, -0.15) is 0 Å². The largest absolute Gasteiger partial charge is 0.0683 e. The van der Waals surface area contributed by atoms with Gasteiger partial charge in [0, 0.05) is 0 Å². The Morgan fingerprint density at radius 3 is 0.806 bits per heavy atom. The van der Waals surface area contributed by atoms with E-state index in [4.69, 9.17) is 0 Å². The van der Waals surface area contributed by atoms with Gasteiger partial charge in [0.1, 0.15) is 0 Å². The van der Waals surface area contributed by atoms with Crippen molar-refractivity contribution in [1.29, 1.82) is 0 Å². The van der Waals surface area contributed by atoms with Crippen molar-refractivity contribution >= 4 is 0 Å². The molecule has 8 saturated carbocycles. The van der Waals surface area contributed by atoms with E-state index in [-0.39, 0.29) is 0 Å². The van der Waals surface area contributed by atoms with E-state index >= 15 is 0 Å². The van der Waals surface area contributed by atoms with Crippen molar-refractivity contribution in [3.8, 4) is 0 Å². The molecule has 8 fully saturated rings. The van der Waals surface area contributed by atoms with Gasteiger partial charge in [-0.1, -0.05) is 76.2 Å². The minimum Gasteiger partial charge on any atom is -0.0683 e. The molecular formula is C31H62. The predicted molar refractivity (Wildman–Crippen MR) is 143 cm³/mol. The van der Waals surface area contributed by atoms with Gasteiger partial charge in [0.2, 0.25) is 0 Å². The highest BCUT2D eigenvalue weighted by Crippen LogP contribution is 2.64. The zero-order valence-electron chi connectivity index (χ0n) is 23.9. The Morgan fingerprint density at radius 2 is 0.581 bits per heavy atom. The Hall–Kier alpha value is 0. The average Bonchev–Trinajstić information content (AvgIpc) is 2.70. The monoisotopic (exact) mass is 434 g/mol. The number of rotatable bonds is 0. The molecule has 0 aliphatic heterocycles. The second-order valence-corrected chi connectivity index (χ2v) is 12.3. The Labute approximate surface area is 199 Å². The molecule has 8 aliphatic carbocycles. The lowest BCUT2D eigenvalue weighted by atomic mass is 9.45. The minimum absolute atomic E-state index is 0.763. The zero-order valence-corrected chi connectivity index (χ0v) is 23.9. The van der Waals surface area contributed by atoms with E-state index in [1.165, 1.54) is 6.42 Å². The van der Waals surface area contributed by atoms with Crippen molar-refractivity contribution in [3.63, 3.8) is 0 Å². The lowest BCUT2D eigenvalue weighted by molar-refractivity contribution is -0.0920. The molecule has 8 rings (SSSR count). The topological polar surface area (TPSA) is 0 Å². The van der Waals surface area contributed by atoms with Crippen LogP contribution in [0.2, 0.25) is 0 Å². The van der Waals surface area contributed by atoms with Gasteiger partial charge in [0.15, 0.2) is 0 Å². The Kier molecular flexibility index (Phi) is 11.7. The summed E-state index contributed by atoms with van der Waals surface area (Å²) >= 11 is 0. The molecule has 0 aromatic carbocycles. The van der Waals surface area contributed by atoms with E-state index < -0.39 is 0 Å². The molecule has 0 atom stereocenters. The third-order valence-electron chi connectivity index (χ3n) is 8.99. The molecule has 186 valence electrons. The summed E-state index contributed by atoms with van der Waals surface area (Å²) in [4.78, 5) is 0. The van der Waals surface area contributed by atoms with E-state index in [1.54, 1.807) is 70.6 Å². The molecule has 0 amide bonds. The molecule has 0 spiro atoms. The third kappa shape index (κ3) is 7.24. The second-order valence-electron chi connectivity index (χ2n) is 12.3. The Balaban J connectivity index is 0.000000236. The summed E-state index contributed by atoms with van der Waals surface area (Å²) in [6.07, 6.45) is 18.8. The molecule has 0 heteroatoms. The standard InChI is InChI=1S/C12H20.C11H18.4C2H6/c1-11-4-9-3-10(5-11)7-12(2,6-9)8-11;1-11-5-8-2-9(6-11)4-10(3-8)7-11;4*1-2/h9-10H,3-8H2,1-2H3;8-10H,2-7H2,1H3;4*1-2H3. The molecule has 0 aromatic rings. The molecule has 0 N–H and O–H groups in total. The van der Waals surface area contributed by atoms with Gasteiger partial charge in [-0.15, -0.1) is 0 Å². The lowest BCUT2D eigenvalue weighted by Crippen LogP contribution is -2.49. The van der Waals surface area contributed by atoms with Crippen LogP contribution in [0.25, 0.3) is 0 Å². The van der Waals surface area contributed by atoms with Gasteiger partial charge >= 0.3 is 0 Å². The van der Waals surface area contributed by atoms with Crippen LogP contribution in [0.15, 0.2) is 0 Å². The fourth-order valence-corrected chi connectivity index (χ4v) is 9.77. The second kappa shape index (κ2) is 12.5. The molecule has 0 nitrogen and oxygen atoms in total. The maximum Gasteiger partial charge on any atom is -0.0315 e. The Bertz CT molecular complexity index is 417. The summed E-state index contributed by atoms with van der Waals surface area (Å²) in [7, 11) is 0. The van der Waals surface area contributed by atoms with Crippen LogP contribution >= 0.6 is 0 Å². The first-order chi connectivity index (χ1) is 14.8. The first-order valence-electron chi connectivity index (χ1n) is 14.8. The summed E-state index contributed by atoms with van der Waals surface area (Å²) in [5.41, 5.74) is 2.33. The minimum atomic E-state index is 0.763. The smallest absolute Gasteiger partial charge is 0.0315 e. The van der Waals surface area contributed by atoms with Crippen LogP contribution in [0.3, 0.4) is 0 Å². The van der Waals surface area contributed by atoms with Crippen LogP contribution in [0.4, 0.5) is 0 Å². The van der Waals surface area contributed by atoms with Crippen molar-refractivity contribution in [1.82, 2.24) is 0 Å². The van der Waals surface area contributed by atoms with Crippen LogP contribution in [-0.4, -0.2) is 0 Å². The molecule has 0 heterocycles. The normalized spacial score (nSPS) is 46.4. The van der Waals surface area contributed by atoms with Crippen LogP contribution in [0.5, 0.6) is 0 Å². The van der Waals surface area contributed by atoms with Crippen molar-refractivity contribution in [2.24, 2.45) is 45.8 Å². The van der Waals surface area contributed by atoms with Crippen molar-refractivity contribution < 1.29 is 0 Å². The van der Waals surface area contributed by atoms with Crippen LogP contribution in [0, 0.1) is 45.8 Å². The molecule has 8 aliphatic rings. The zero-order chi connectivity index (χ0) is 23.9. The highest BCUT2D eigenvalue weighted by Gasteiger charge is 2.53. The van der Waals surface area contributed by atoms with Crippen molar-refractivity contribution in [2.75, 3.05) is 0 Å². The molecule has 0 aromatic heterocycles.